The van der Waals surface area contributed by atoms with Crippen LogP contribution in [0.4, 0.5) is 15.6 Å². The summed E-state index contributed by atoms with van der Waals surface area (Å²) in [5.41, 5.74) is -0.769. The van der Waals surface area contributed by atoms with E-state index in [0.717, 1.165) is 15.9 Å². The lowest BCUT2D eigenvalue weighted by Gasteiger charge is -2.17. The van der Waals surface area contributed by atoms with Gasteiger partial charge in [-0.05, 0) is 12.1 Å². The van der Waals surface area contributed by atoms with Gasteiger partial charge in [0.05, 0.1) is 17.6 Å². The summed E-state index contributed by atoms with van der Waals surface area (Å²) < 4.78 is 11.4. The van der Waals surface area contributed by atoms with Crippen LogP contribution < -0.4 is 11.0 Å². The molecule has 2 aromatic rings. The van der Waals surface area contributed by atoms with Gasteiger partial charge in [-0.15, -0.1) is 0 Å². The molecule has 1 fully saturated rings. The van der Waals surface area contributed by atoms with E-state index in [4.69, 9.17) is 14.6 Å². The topological polar surface area (TPSA) is 166 Å². The van der Waals surface area contributed by atoms with Crippen LogP contribution in [0.2, 0.25) is 0 Å². The Bertz CT molecular complexity index is 929. The zero-order valence-electron chi connectivity index (χ0n) is 14.3. The summed E-state index contributed by atoms with van der Waals surface area (Å²) in [5.74, 6) is -0.0744. The van der Waals surface area contributed by atoms with E-state index in [1.54, 1.807) is 0 Å². The smallest absolute Gasteiger partial charge is 0.413 e. The molecule has 0 unspecified atom stereocenters. The average Bonchev–Trinajstić information content (AvgIpc) is 3.27. The summed E-state index contributed by atoms with van der Waals surface area (Å²) in [4.78, 5) is 38.2. The first-order chi connectivity index (χ1) is 13.4. The molecule has 0 aromatic carbocycles. The fourth-order valence-corrected chi connectivity index (χ4v) is 3.33. The number of aliphatic hydroxyl groups excluding tert-OH is 2. The quantitative estimate of drug-likeness (QED) is 0.455. The van der Waals surface area contributed by atoms with E-state index in [9.17, 15) is 24.8 Å². The van der Waals surface area contributed by atoms with Crippen LogP contribution in [0.15, 0.2) is 29.2 Å². The summed E-state index contributed by atoms with van der Waals surface area (Å²) in [6, 6.07) is 4.10. The van der Waals surface area contributed by atoms with E-state index in [-0.39, 0.29) is 30.5 Å². The average molecular weight is 412 g/mol. The number of thiophene rings is 1. The number of rotatable bonds is 6. The molecule has 0 bridgehead atoms. The summed E-state index contributed by atoms with van der Waals surface area (Å²) in [7, 11) is 0. The molecule has 1 saturated heterocycles. The summed E-state index contributed by atoms with van der Waals surface area (Å²) in [5, 5.41) is 31.9. The van der Waals surface area contributed by atoms with E-state index < -0.39 is 35.1 Å². The van der Waals surface area contributed by atoms with Gasteiger partial charge in [0, 0.05) is 23.6 Å². The van der Waals surface area contributed by atoms with Gasteiger partial charge in [0.1, 0.15) is 18.5 Å². The number of hydrogen-bond donors (Lipinski definition) is 3. The lowest BCUT2D eigenvalue weighted by molar-refractivity contribution is -0.380. The zero-order valence-corrected chi connectivity index (χ0v) is 15.1. The maximum atomic E-state index is 12.1. The molecule has 0 radical (unpaired) electrons. The normalized spacial score (nSPS) is 21.4. The van der Waals surface area contributed by atoms with Gasteiger partial charge in [0.2, 0.25) is 0 Å². The number of nitrogens with zero attached hydrogens (tertiary/aromatic N) is 3. The molecule has 3 atom stereocenters. The van der Waals surface area contributed by atoms with E-state index in [1.807, 2.05) is 0 Å². The van der Waals surface area contributed by atoms with Gasteiger partial charge in [-0.2, -0.15) is 4.98 Å². The highest BCUT2D eigenvalue weighted by atomic mass is 32.1. The largest absolute Gasteiger partial charge is 0.444 e. The Kier molecular flexibility index (Phi) is 5.99. The molecule has 2 aromatic heterocycles. The number of anilines is 1. The van der Waals surface area contributed by atoms with Crippen molar-refractivity contribution in [2.45, 2.75) is 31.5 Å². The minimum atomic E-state index is -0.979. The second-order valence-corrected chi connectivity index (χ2v) is 6.98. The second kappa shape index (κ2) is 8.43. The van der Waals surface area contributed by atoms with Gasteiger partial charge in [0.25, 0.3) is 0 Å². The highest BCUT2D eigenvalue weighted by Gasteiger charge is 2.35. The predicted octanol–water partition coefficient (Wildman–Crippen LogP) is 0.602. The maximum Gasteiger partial charge on any atom is 0.413 e. The lowest BCUT2D eigenvalue weighted by Crippen LogP contribution is -2.32. The van der Waals surface area contributed by atoms with Crippen LogP contribution in [-0.2, 0) is 16.1 Å². The summed E-state index contributed by atoms with van der Waals surface area (Å²) >= 11 is 0.882. The molecule has 3 N–H and O–H groups in total. The summed E-state index contributed by atoms with van der Waals surface area (Å²) in [6.07, 6.45) is -1.95. The molecular formula is C15H16N4O8S. The number of nitro groups is 1. The number of carbonyl (C=O) groups excluding carboxylic acids is 1. The third-order valence-corrected chi connectivity index (χ3v) is 4.89. The van der Waals surface area contributed by atoms with Crippen LogP contribution in [0.1, 0.15) is 17.5 Å². The number of ether oxygens (including phenoxy) is 2. The van der Waals surface area contributed by atoms with Gasteiger partial charge in [0.15, 0.2) is 6.23 Å². The van der Waals surface area contributed by atoms with E-state index in [1.165, 1.54) is 24.4 Å². The Hall–Kier alpha value is -2.87. The van der Waals surface area contributed by atoms with Gasteiger partial charge >= 0.3 is 16.8 Å². The molecule has 1 amide bonds. The zero-order chi connectivity index (χ0) is 20.3. The Labute approximate surface area is 161 Å². The fraction of sp³-hybridized carbons (Fsp3) is 0.400. The standard InChI is InChI=1S/C15H16N4O8S/c20-6-8-5-10(21)13(27-8)18-4-3-11(16-14(18)22)17-15(23)26-7-9-1-2-12(28-9)19(24)25/h1-4,8,10,13,20-21H,5-7H2,(H,16,17,22,23)/t8-,10-,13+/m0/s1. The number of carbonyl (C=O) groups is 1. The molecule has 0 spiro atoms. The predicted molar refractivity (Wildman–Crippen MR) is 94.9 cm³/mol. The molecular weight excluding hydrogens is 396 g/mol. The number of aromatic nitrogens is 2. The third kappa shape index (κ3) is 4.51. The number of amides is 1. The van der Waals surface area contributed by atoms with Crippen molar-refractivity contribution < 1.29 is 29.4 Å². The Morgan fingerprint density at radius 1 is 1.50 bits per heavy atom. The van der Waals surface area contributed by atoms with Crippen molar-refractivity contribution in [3.05, 3.63) is 49.9 Å². The van der Waals surface area contributed by atoms with Gasteiger partial charge in [-0.25, -0.2) is 9.59 Å². The molecule has 1 aliphatic heterocycles. The molecule has 13 heteroatoms. The number of hydrogen-bond acceptors (Lipinski definition) is 10. The van der Waals surface area contributed by atoms with Crippen molar-refractivity contribution in [1.29, 1.82) is 0 Å². The number of nitrogens with one attached hydrogen (secondary N) is 1. The van der Waals surface area contributed by atoms with Crippen LogP contribution in [0.3, 0.4) is 0 Å². The Morgan fingerprint density at radius 2 is 2.29 bits per heavy atom. The second-order valence-electron chi connectivity index (χ2n) is 5.84. The van der Waals surface area contributed by atoms with E-state index >= 15 is 0 Å². The van der Waals surface area contributed by atoms with Crippen molar-refractivity contribution in [1.82, 2.24) is 9.55 Å². The molecule has 1 aliphatic rings. The molecule has 0 aliphatic carbocycles. The SMILES string of the molecule is O=C(Nc1ccn([C@@H]2O[C@H](CO)C[C@@H]2O)c(=O)n1)OCc1ccc([N+](=O)[O-])s1. The van der Waals surface area contributed by atoms with Crippen molar-refractivity contribution >= 4 is 28.2 Å². The van der Waals surface area contributed by atoms with Crippen molar-refractivity contribution in [2.75, 3.05) is 11.9 Å². The molecule has 12 nitrogen and oxygen atoms in total. The first kappa shape index (κ1) is 19.9. The Morgan fingerprint density at radius 3 is 2.89 bits per heavy atom. The molecule has 28 heavy (non-hydrogen) atoms. The minimum Gasteiger partial charge on any atom is -0.444 e. The van der Waals surface area contributed by atoms with Gasteiger partial charge < -0.3 is 19.7 Å². The molecule has 3 heterocycles. The summed E-state index contributed by atoms with van der Waals surface area (Å²) in [6.45, 7) is -0.458. The Balaban J connectivity index is 1.58. The highest BCUT2D eigenvalue weighted by molar-refractivity contribution is 7.15. The first-order valence-corrected chi connectivity index (χ1v) is 8.89. The fourth-order valence-electron chi connectivity index (χ4n) is 2.59. The van der Waals surface area contributed by atoms with Gasteiger partial charge in [-0.3, -0.25) is 20.0 Å². The van der Waals surface area contributed by atoms with Crippen LogP contribution in [0.5, 0.6) is 0 Å². The van der Waals surface area contributed by atoms with Crippen molar-refractivity contribution in [3.63, 3.8) is 0 Å². The van der Waals surface area contributed by atoms with Crippen LogP contribution >= 0.6 is 11.3 Å². The van der Waals surface area contributed by atoms with Crippen LogP contribution in [-0.4, -0.2) is 49.6 Å². The maximum absolute atomic E-state index is 12.1. The van der Waals surface area contributed by atoms with Crippen molar-refractivity contribution in [2.24, 2.45) is 0 Å². The monoisotopic (exact) mass is 412 g/mol. The van der Waals surface area contributed by atoms with Crippen LogP contribution in [0.25, 0.3) is 0 Å². The molecule has 0 saturated carbocycles. The van der Waals surface area contributed by atoms with Crippen LogP contribution in [0, 0.1) is 10.1 Å². The van der Waals surface area contributed by atoms with E-state index in [2.05, 4.69) is 10.3 Å². The number of aliphatic hydroxyl groups is 2. The van der Waals surface area contributed by atoms with Gasteiger partial charge in [-0.1, -0.05) is 11.3 Å². The third-order valence-electron chi connectivity index (χ3n) is 3.88. The molecule has 150 valence electrons. The van der Waals surface area contributed by atoms with Crippen molar-refractivity contribution in [3.8, 4) is 0 Å². The highest BCUT2D eigenvalue weighted by Crippen LogP contribution is 2.27. The minimum absolute atomic E-state index is 0.0657. The first-order valence-electron chi connectivity index (χ1n) is 8.08. The van der Waals surface area contributed by atoms with E-state index in [0.29, 0.717) is 4.88 Å². The lowest BCUT2D eigenvalue weighted by atomic mass is 10.2. The molecule has 3 rings (SSSR count).